The van der Waals surface area contributed by atoms with Crippen LogP contribution in [0.15, 0.2) is 36.4 Å². The zero-order valence-corrected chi connectivity index (χ0v) is 19.1. The molecule has 2 aromatic rings. The number of ether oxygens (including phenoxy) is 1. The summed E-state index contributed by atoms with van der Waals surface area (Å²) in [7, 11) is 0. The van der Waals surface area contributed by atoms with Crippen LogP contribution in [0.1, 0.15) is 82.6 Å². The molecule has 2 aromatic carbocycles. The lowest BCUT2D eigenvalue weighted by atomic mass is 9.68. The van der Waals surface area contributed by atoms with Gasteiger partial charge in [-0.15, -0.1) is 0 Å². The first-order valence-electron chi connectivity index (χ1n) is 12.4. The molecular formula is C28H35F3O. The van der Waals surface area contributed by atoms with E-state index in [1.165, 1.54) is 81.9 Å². The van der Waals surface area contributed by atoms with E-state index < -0.39 is 24.2 Å². The summed E-state index contributed by atoms with van der Waals surface area (Å²) in [5, 5.41) is 0. The normalized spacial score (nSPS) is 26.1. The highest BCUT2D eigenvalue weighted by Crippen LogP contribution is 2.44. The van der Waals surface area contributed by atoms with Crippen molar-refractivity contribution in [2.75, 3.05) is 6.86 Å². The maximum Gasteiger partial charge on any atom is 0.228 e. The molecule has 32 heavy (non-hydrogen) atoms. The molecule has 0 bridgehead atoms. The van der Waals surface area contributed by atoms with Gasteiger partial charge in [-0.3, -0.25) is 0 Å². The molecule has 2 aliphatic rings. The minimum Gasteiger partial charge on any atom is -0.457 e. The monoisotopic (exact) mass is 444 g/mol. The van der Waals surface area contributed by atoms with Gasteiger partial charge in [0.15, 0.2) is 17.4 Å². The van der Waals surface area contributed by atoms with Crippen molar-refractivity contribution in [3.05, 3.63) is 53.6 Å². The maximum absolute atomic E-state index is 14.1. The van der Waals surface area contributed by atoms with Crippen molar-refractivity contribution in [2.45, 2.75) is 77.0 Å². The minimum atomic E-state index is -1.26. The number of hydrogen-bond acceptors (Lipinski definition) is 1. The third-order valence-electron chi connectivity index (χ3n) is 7.94. The fraction of sp³-hybridized carbons (Fsp3) is 0.571. The molecule has 174 valence electrons. The summed E-state index contributed by atoms with van der Waals surface area (Å²) < 4.78 is 44.9. The Hall–Kier alpha value is -1.97. The Kier molecular flexibility index (Phi) is 7.80. The van der Waals surface area contributed by atoms with E-state index in [-0.39, 0.29) is 0 Å². The van der Waals surface area contributed by atoms with E-state index in [2.05, 4.69) is 23.8 Å². The van der Waals surface area contributed by atoms with Gasteiger partial charge in [0.05, 0.1) is 0 Å². The summed E-state index contributed by atoms with van der Waals surface area (Å²) in [6.45, 7) is 1.04. The average Bonchev–Trinajstić information content (AvgIpc) is 2.82. The summed E-state index contributed by atoms with van der Waals surface area (Å²) in [5.41, 5.74) is 2.49. The third kappa shape index (κ3) is 5.32. The van der Waals surface area contributed by atoms with Crippen LogP contribution >= 0.6 is 0 Å². The summed E-state index contributed by atoms with van der Waals surface area (Å²) in [6, 6.07) is 10.4. The standard InChI is InChI=1S/C28H35F3O/c1-2-3-19-4-6-20(7-5-19)21-8-10-22(11-9-21)23-12-14-24(15-13-23)25-16-26(30)28(32-18-29)27(31)17-25/h12-17,19-22H,2-11,18H2,1H3. The van der Waals surface area contributed by atoms with Crippen LogP contribution in [0.25, 0.3) is 11.1 Å². The van der Waals surface area contributed by atoms with Crippen LogP contribution in [0.4, 0.5) is 13.2 Å². The molecule has 0 aromatic heterocycles. The first kappa shape index (κ1) is 23.2. The highest BCUT2D eigenvalue weighted by atomic mass is 19.1. The molecular weight excluding hydrogens is 409 g/mol. The lowest BCUT2D eigenvalue weighted by Crippen LogP contribution is -2.25. The quantitative estimate of drug-likeness (QED) is 0.414. The molecule has 0 amide bonds. The smallest absolute Gasteiger partial charge is 0.228 e. The van der Waals surface area contributed by atoms with Crippen molar-refractivity contribution >= 4 is 0 Å². The highest BCUT2D eigenvalue weighted by molar-refractivity contribution is 5.65. The Morgan fingerprint density at radius 3 is 1.88 bits per heavy atom. The van der Waals surface area contributed by atoms with Gasteiger partial charge in [-0.05, 0) is 91.0 Å². The van der Waals surface area contributed by atoms with Crippen molar-refractivity contribution in [3.63, 3.8) is 0 Å². The lowest BCUT2D eigenvalue weighted by molar-refractivity contribution is 0.156. The van der Waals surface area contributed by atoms with E-state index in [0.29, 0.717) is 11.5 Å². The average molecular weight is 445 g/mol. The summed E-state index contributed by atoms with van der Waals surface area (Å²) in [6.07, 6.45) is 13.6. The molecule has 0 heterocycles. The SMILES string of the molecule is CCCC1CCC(C2CCC(c3ccc(-c4cc(F)c(OCF)c(F)c4)cc3)CC2)CC1. The van der Waals surface area contributed by atoms with E-state index >= 15 is 0 Å². The largest absolute Gasteiger partial charge is 0.457 e. The van der Waals surface area contributed by atoms with Crippen LogP contribution < -0.4 is 4.74 Å². The van der Waals surface area contributed by atoms with Crippen LogP contribution in [0.3, 0.4) is 0 Å². The van der Waals surface area contributed by atoms with Crippen molar-refractivity contribution in [3.8, 4) is 16.9 Å². The molecule has 0 spiro atoms. The Morgan fingerprint density at radius 2 is 1.34 bits per heavy atom. The fourth-order valence-corrected chi connectivity index (χ4v) is 6.15. The molecule has 0 saturated heterocycles. The van der Waals surface area contributed by atoms with Gasteiger partial charge in [0.25, 0.3) is 0 Å². The predicted molar refractivity (Wildman–Crippen MR) is 123 cm³/mol. The molecule has 0 atom stereocenters. The fourth-order valence-electron chi connectivity index (χ4n) is 6.15. The Balaban J connectivity index is 1.34. The molecule has 4 heteroatoms. The van der Waals surface area contributed by atoms with Crippen molar-refractivity contribution < 1.29 is 17.9 Å². The van der Waals surface area contributed by atoms with Crippen molar-refractivity contribution in [2.24, 2.45) is 17.8 Å². The number of halogens is 3. The van der Waals surface area contributed by atoms with Crippen LogP contribution in [0.5, 0.6) is 5.75 Å². The van der Waals surface area contributed by atoms with Crippen LogP contribution in [0, 0.1) is 29.4 Å². The van der Waals surface area contributed by atoms with Crippen LogP contribution in [-0.2, 0) is 0 Å². The van der Waals surface area contributed by atoms with Gasteiger partial charge in [-0.25, -0.2) is 13.2 Å². The molecule has 1 nitrogen and oxygen atoms in total. The zero-order valence-electron chi connectivity index (χ0n) is 19.1. The van der Waals surface area contributed by atoms with E-state index in [1.807, 2.05) is 12.1 Å². The Bertz CT molecular complexity index is 840. The van der Waals surface area contributed by atoms with Crippen molar-refractivity contribution in [1.29, 1.82) is 0 Å². The van der Waals surface area contributed by atoms with Gasteiger partial charge < -0.3 is 4.74 Å². The van der Waals surface area contributed by atoms with Crippen molar-refractivity contribution in [1.82, 2.24) is 0 Å². The second-order valence-electron chi connectivity index (χ2n) is 9.83. The van der Waals surface area contributed by atoms with Gasteiger partial charge in [-0.1, -0.05) is 56.9 Å². The van der Waals surface area contributed by atoms with Gasteiger partial charge in [0, 0.05) is 0 Å². The van der Waals surface area contributed by atoms with Crippen LogP contribution in [-0.4, -0.2) is 6.86 Å². The molecule has 4 rings (SSSR count). The second-order valence-corrected chi connectivity index (χ2v) is 9.83. The Labute approximate surface area is 190 Å². The first-order valence-corrected chi connectivity index (χ1v) is 12.4. The number of rotatable bonds is 7. The van der Waals surface area contributed by atoms with Gasteiger partial charge in [0.2, 0.25) is 6.86 Å². The van der Waals surface area contributed by atoms with Gasteiger partial charge >= 0.3 is 0 Å². The van der Waals surface area contributed by atoms with Gasteiger partial charge in [0.1, 0.15) is 0 Å². The number of alkyl halides is 1. The van der Waals surface area contributed by atoms with E-state index in [4.69, 9.17) is 0 Å². The molecule has 2 fully saturated rings. The second kappa shape index (κ2) is 10.8. The van der Waals surface area contributed by atoms with E-state index in [9.17, 15) is 13.2 Å². The van der Waals surface area contributed by atoms with Crippen LogP contribution in [0.2, 0.25) is 0 Å². The summed E-state index contributed by atoms with van der Waals surface area (Å²) >= 11 is 0. The summed E-state index contributed by atoms with van der Waals surface area (Å²) in [4.78, 5) is 0. The number of benzene rings is 2. The molecule has 0 aliphatic heterocycles. The predicted octanol–water partition coefficient (Wildman–Crippen LogP) is 8.82. The topological polar surface area (TPSA) is 9.23 Å². The molecule has 0 unspecified atom stereocenters. The summed E-state index contributed by atoms with van der Waals surface area (Å²) in [5.74, 6) is 0.937. The van der Waals surface area contributed by atoms with Gasteiger partial charge in [-0.2, -0.15) is 0 Å². The third-order valence-corrected chi connectivity index (χ3v) is 7.94. The molecule has 0 N–H and O–H groups in total. The highest BCUT2D eigenvalue weighted by Gasteiger charge is 2.31. The maximum atomic E-state index is 14.1. The molecule has 0 radical (unpaired) electrons. The lowest BCUT2D eigenvalue weighted by Gasteiger charge is -2.38. The zero-order chi connectivity index (χ0) is 22.5. The minimum absolute atomic E-state index is 0.431. The van der Waals surface area contributed by atoms with E-state index in [0.717, 1.165) is 23.3 Å². The number of hydrogen-bond donors (Lipinski definition) is 0. The first-order chi connectivity index (χ1) is 15.6. The molecule has 2 saturated carbocycles. The van der Waals surface area contributed by atoms with E-state index in [1.54, 1.807) is 0 Å². The molecule has 2 aliphatic carbocycles. The Morgan fingerprint density at radius 1 is 0.781 bits per heavy atom.